The van der Waals surface area contributed by atoms with Crippen molar-refractivity contribution in [3.63, 3.8) is 0 Å². The van der Waals surface area contributed by atoms with Gasteiger partial charge in [0.25, 0.3) is 0 Å². The molecular weight excluding hydrogens is 842 g/mol. The lowest BCUT2D eigenvalue weighted by Crippen LogP contribution is -2.45. The molecular formula is C38H42F2N10O13. The summed E-state index contributed by atoms with van der Waals surface area (Å²) in [6, 6.07) is 0. The second-order valence-corrected chi connectivity index (χ2v) is 14.4. The van der Waals surface area contributed by atoms with E-state index in [4.69, 9.17) is 62.6 Å². The molecule has 0 aliphatic carbocycles. The van der Waals surface area contributed by atoms with Crippen molar-refractivity contribution in [2.75, 3.05) is 37.9 Å². The molecule has 0 bridgehead atoms. The van der Waals surface area contributed by atoms with Crippen LogP contribution in [0, 0.1) is 36.8 Å². The maximum atomic E-state index is 13.7. The molecule has 63 heavy (non-hydrogen) atoms. The van der Waals surface area contributed by atoms with E-state index in [9.17, 15) is 33.1 Å². The Morgan fingerprint density at radius 1 is 0.873 bits per heavy atom. The van der Waals surface area contributed by atoms with Gasteiger partial charge in [-0.15, -0.1) is 12.8 Å². The maximum Gasteiger partial charge on any atom is 0.508 e. The number of carbonyl (C=O) groups is 4. The maximum absolute atomic E-state index is 13.7. The fourth-order valence-corrected chi connectivity index (χ4v) is 6.86. The SMILES string of the molecule is C#C[C@@]12COC(=O)OCCCCCC(=O)O[C@H]1C[C@H](n1cnc3c(N)nc(F)nc31)O2.C#C[C@]1(COC(=O)OCCCCCC(=O)O)O[C@@H](n2cnc3c(N)nc(F)nc32)C[C@@H]1O. The van der Waals surface area contributed by atoms with Gasteiger partial charge in [-0.05, 0) is 38.5 Å². The van der Waals surface area contributed by atoms with E-state index in [0.717, 1.165) is 0 Å². The average Bonchev–Trinajstić information content (AvgIpc) is 4.02. The third-order valence-corrected chi connectivity index (χ3v) is 10.1. The van der Waals surface area contributed by atoms with Gasteiger partial charge in [0.15, 0.2) is 39.6 Å². The number of carbonyl (C=O) groups excluding carboxylic acids is 3. The van der Waals surface area contributed by atoms with Gasteiger partial charge in [-0.25, -0.2) is 19.6 Å². The summed E-state index contributed by atoms with van der Waals surface area (Å²) in [7, 11) is 0. The van der Waals surface area contributed by atoms with Gasteiger partial charge in [-0.1, -0.05) is 11.8 Å². The summed E-state index contributed by atoms with van der Waals surface area (Å²) in [5.74, 6) is 3.15. The summed E-state index contributed by atoms with van der Waals surface area (Å²) < 4.78 is 67.6. The molecule has 0 unspecified atom stereocenters. The number of fused-ring (bicyclic) bond motifs is 3. The van der Waals surface area contributed by atoms with Crippen molar-refractivity contribution in [2.24, 2.45) is 0 Å². The highest BCUT2D eigenvalue weighted by Gasteiger charge is 2.53. The number of aliphatic carboxylic acids is 1. The predicted octanol–water partition coefficient (Wildman–Crippen LogP) is 2.48. The van der Waals surface area contributed by atoms with Gasteiger partial charge in [0.1, 0.15) is 37.9 Å². The molecule has 23 nitrogen and oxygen atoms in total. The zero-order valence-corrected chi connectivity index (χ0v) is 33.4. The average molecular weight is 885 g/mol. The molecule has 0 amide bonds. The van der Waals surface area contributed by atoms with Crippen LogP contribution in [0.2, 0.25) is 0 Å². The van der Waals surface area contributed by atoms with Crippen molar-refractivity contribution < 1.29 is 71.3 Å². The zero-order chi connectivity index (χ0) is 45.3. The number of carboxylic acids is 1. The Balaban J connectivity index is 0.000000210. The highest BCUT2D eigenvalue weighted by atomic mass is 19.1. The predicted molar refractivity (Wildman–Crippen MR) is 207 cm³/mol. The standard InChI is InChI=1S/C19H22FN5O7.C19H20FN5O6/c1-2-19(9-31-18(29)30-7-5-3-4-6-13(27)28)11(26)8-12(32-19)25-10-22-14-15(21)23-17(20)24-16(14)25;1-2-19-9-29-18(27)28-7-5-3-4-6-13(26)30-11(19)8-12(31-19)25-10-22-14-15(21)23-17(20)24-16(14)25/h1,10-12,26H,3-9H2,(H,27,28)(H2,21,23,24);1,10-12H,3-9H2,(H2,21,23,24)/t2*11-,12+,19+/m00/s1. The third-order valence-electron chi connectivity index (χ3n) is 10.1. The van der Waals surface area contributed by atoms with Gasteiger partial charge in [-0.2, -0.15) is 28.7 Å². The molecule has 4 aromatic rings. The van der Waals surface area contributed by atoms with E-state index in [2.05, 4.69) is 41.7 Å². The lowest BCUT2D eigenvalue weighted by Gasteiger charge is -2.28. The van der Waals surface area contributed by atoms with Crippen molar-refractivity contribution in [1.29, 1.82) is 0 Å². The summed E-state index contributed by atoms with van der Waals surface area (Å²) in [6.45, 7) is -0.690. The molecule has 0 spiro atoms. The molecule has 0 radical (unpaired) electrons. The van der Waals surface area contributed by atoms with E-state index in [0.29, 0.717) is 38.5 Å². The number of ether oxygens (including phenoxy) is 7. The van der Waals surface area contributed by atoms with Crippen LogP contribution in [0.4, 0.5) is 30.0 Å². The van der Waals surface area contributed by atoms with Crippen molar-refractivity contribution >= 4 is 58.2 Å². The number of aromatic nitrogens is 8. The van der Waals surface area contributed by atoms with Gasteiger partial charge in [-0.3, -0.25) is 18.7 Å². The smallest absolute Gasteiger partial charge is 0.481 e. The summed E-state index contributed by atoms with van der Waals surface area (Å²) in [6.07, 6.45) is 9.73. The highest BCUT2D eigenvalue weighted by Crippen LogP contribution is 2.41. The molecule has 6 atom stereocenters. The number of terminal acetylenes is 2. The first-order chi connectivity index (χ1) is 30.2. The Labute approximate surface area is 355 Å². The fourth-order valence-electron chi connectivity index (χ4n) is 6.86. The lowest BCUT2D eigenvalue weighted by molar-refractivity contribution is -0.159. The number of rotatable bonds is 10. The van der Waals surface area contributed by atoms with Crippen LogP contribution in [0.25, 0.3) is 22.3 Å². The number of halogens is 2. The van der Waals surface area contributed by atoms with E-state index in [1.165, 1.54) is 21.8 Å². The van der Waals surface area contributed by atoms with Gasteiger partial charge >= 0.3 is 36.4 Å². The molecule has 6 N–H and O–H groups in total. The van der Waals surface area contributed by atoms with Crippen LogP contribution < -0.4 is 11.5 Å². The topological polar surface area (TPSA) is 313 Å². The summed E-state index contributed by atoms with van der Waals surface area (Å²) in [4.78, 5) is 68.9. The normalized spacial score (nSPS) is 25.0. The number of nitrogen functional groups attached to an aromatic ring is 2. The molecule has 7 heterocycles. The van der Waals surface area contributed by atoms with Gasteiger partial charge < -0.3 is 54.8 Å². The summed E-state index contributed by atoms with van der Waals surface area (Å²) in [5, 5.41) is 19.1. The molecule has 3 aliphatic rings. The van der Waals surface area contributed by atoms with Crippen LogP contribution in [0.1, 0.15) is 76.7 Å². The molecule has 25 heteroatoms. The minimum atomic E-state index is -1.67. The Morgan fingerprint density at radius 3 is 2.14 bits per heavy atom. The van der Waals surface area contributed by atoms with E-state index in [1.54, 1.807) is 0 Å². The van der Waals surface area contributed by atoms with Gasteiger partial charge in [0, 0.05) is 25.7 Å². The van der Waals surface area contributed by atoms with Crippen molar-refractivity contribution in [2.45, 2.75) is 100 Å². The van der Waals surface area contributed by atoms with Crippen molar-refractivity contribution in [1.82, 2.24) is 39.0 Å². The first kappa shape index (κ1) is 45.6. The number of unbranched alkanes of at least 4 members (excludes halogenated alkanes) is 2. The third kappa shape index (κ3) is 10.6. The Morgan fingerprint density at radius 2 is 1.52 bits per heavy atom. The van der Waals surface area contributed by atoms with Crippen LogP contribution in [-0.4, -0.2) is 123 Å². The second-order valence-electron chi connectivity index (χ2n) is 14.4. The van der Waals surface area contributed by atoms with Crippen molar-refractivity contribution in [3.05, 3.63) is 24.8 Å². The number of esters is 1. The van der Waals surface area contributed by atoms with Crippen molar-refractivity contribution in [3.8, 4) is 24.7 Å². The largest absolute Gasteiger partial charge is 0.508 e. The van der Waals surface area contributed by atoms with Crippen LogP contribution in [-0.2, 0) is 42.7 Å². The zero-order valence-electron chi connectivity index (χ0n) is 33.4. The van der Waals surface area contributed by atoms with E-state index in [-0.39, 0.29) is 72.9 Å². The van der Waals surface area contributed by atoms with Crippen LogP contribution in [0.3, 0.4) is 0 Å². The van der Waals surface area contributed by atoms with E-state index >= 15 is 0 Å². The first-order valence-corrected chi connectivity index (χ1v) is 19.5. The summed E-state index contributed by atoms with van der Waals surface area (Å²) in [5.41, 5.74) is 8.59. The number of imidazole rings is 2. The molecule has 0 saturated carbocycles. The fraction of sp³-hybridized carbons (Fsp3) is 0.526. The number of hydrogen-bond acceptors (Lipinski definition) is 20. The molecule has 0 aromatic carbocycles. The molecule has 336 valence electrons. The monoisotopic (exact) mass is 884 g/mol. The molecule has 3 saturated heterocycles. The number of aliphatic hydroxyl groups excluding tert-OH is 1. The number of aliphatic hydroxyl groups is 1. The van der Waals surface area contributed by atoms with E-state index in [1.807, 2.05) is 0 Å². The number of nitrogens with two attached hydrogens (primary N) is 2. The number of anilines is 2. The van der Waals surface area contributed by atoms with Gasteiger partial charge in [0.05, 0.1) is 25.9 Å². The highest BCUT2D eigenvalue weighted by molar-refractivity contribution is 5.82. The number of nitrogens with zero attached hydrogens (tertiary/aromatic N) is 8. The van der Waals surface area contributed by atoms with Crippen LogP contribution in [0.15, 0.2) is 12.7 Å². The lowest BCUT2D eigenvalue weighted by atomic mass is 9.98. The molecule has 4 aromatic heterocycles. The minimum absolute atomic E-state index is 0.0107. The Kier molecular flexibility index (Phi) is 14.3. The Hall–Kier alpha value is -6.96. The number of cyclic esters (lactones) is 2. The minimum Gasteiger partial charge on any atom is -0.481 e. The van der Waals surface area contributed by atoms with Crippen LogP contribution >= 0.6 is 0 Å². The van der Waals surface area contributed by atoms with E-state index < -0.39 is 85.5 Å². The number of carboxylic acid groups (broad SMARTS) is 1. The van der Waals surface area contributed by atoms with Crippen LogP contribution in [0.5, 0.6) is 0 Å². The second kappa shape index (κ2) is 19.8. The molecule has 7 rings (SSSR count). The molecule has 3 fully saturated rings. The summed E-state index contributed by atoms with van der Waals surface area (Å²) >= 11 is 0. The number of hydrogen-bond donors (Lipinski definition) is 4. The quantitative estimate of drug-likeness (QED) is 0.0584. The first-order valence-electron chi connectivity index (χ1n) is 19.5. The Bertz CT molecular complexity index is 2420. The van der Waals surface area contributed by atoms with Gasteiger partial charge in [0.2, 0.25) is 5.60 Å². The molecule has 3 aliphatic heterocycles.